The van der Waals surface area contributed by atoms with E-state index in [1.807, 2.05) is 6.92 Å². The second-order valence-electron chi connectivity index (χ2n) is 6.30. The average molecular weight is 370 g/mol. The quantitative estimate of drug-likeness (QED) is 0.480. The lowest BCUT2D eigenvalue weighted by Gasteiger charge is -2.22. The third-order valence-electron chi connectivity index (χ3n) is 4.00. The molecular weight excluding hydrogens is 334 g/mol. The monoisotopic (exact) mass is 369 g/mol. The van der Waals surface area contributed by atoms with Crippen LogP contribution in [0.15, 0.2) is 10.4 Å². The fraction of sp³-hybridized carbons (Fsp3) is 0.778. The van der Waals surface area contributed by atoms with Crippen LogP contribution in [0.3, 0.4) is 0 Å². The molecule has 25 heavy (non-hydrogen) atoms. The lowest BCUT2D eigenvalue weighted by atomic mass is 10.3. The molecule has 1 heterocycles. The van der Waals surface area contributed by atoms with Gasteiger partial charge in [-0.1, -0.05) is 13.3 Å². The van der Waals surface area contributed by atoms with Gasteiger partial charge in [0.05, 0.1) is 18.8 Å². The molecule has 0 radical (unpaired) electrons. The smallest absolute Gasteiger partial charge is 0.194 e. The van der Waals surface area contributed by atoms with E-state index in [9.17, 15) is 0 Å². The molecule has 0 fully saturated rings. The zero-order valence-electron chi connectivity index (χ0n) is 16.7. The molecule has 0 spiro atoms. The number of likely N-dealkylation sites (N-methyl/N-ethyl adjacent to an activating group) is 1. The number of aromatic nitrogens is 1. The number of hydrogen-bond acceptors (Lipinski definition) is 5. The lowest BCUT2D eigenvalue weighted by molar-refractivity contribution is 0.119. The Balaban J connectivity index is 2.58. The molecule has 0 bridgehead atoms. The maximum Gasteiger partial charge on any atom is 0.194 e. The first kappa shape index (κ1) is 21.9. The molecule has 0 aliphatic rings. The van der Waals surface area contributed by atoms with Crippen LogP contribution >= 0.6 is 11.3 Å². The van der Waals surface area contributed by atoms with Gasteiger partial charge in [-0.3, -0.25) is 4.99 Å². The van der Waals surface area contributed by atoms with Crippen LogP contribution in [0.25, 0.3) is 0 Å². The third-order valence-corrected chi connectivity index (χ3v) is 5.06. The molecule has 1 atom stereocenters. The minimum atomic E-state index is 0.0459. The zero-order chi connectivity index (χ0) is 18.7. The molecular formula is C18H35N5OS. The Morgan fingerprint density at radius 3 is 2.76 bits per heavy atom. The zero-order valence-corrected chi connectivity index (χ0v) is 17.5. The molecule has 1 rings (SSSR count). The van der Waals surface area contributed by atoms with Gasteiger partial charge in [-0.05, 0) is 33.9 Å². The van der Waals surface area contributed by atoms with Crippen LogP contribution in [-0.4, -0.2) is 68.1 Å². The summed E-state index contributed by atoms with van der Waals surface area (Å²) in [6.07, 6.45) is 2.52. The van der Waals surface area contributed by atoms with Crippen molar-refractivity contribution < 1.29 is 4.74 Å². The predicted octanol–water partition coefficient (Wildman–Crippen LogP) is 2.98. The van der Waals surface area contributed by atoms with E-state index in [-0.39, 0.29) is 6.10 Å². The van der Waals surface area contributed by atoms with Crippen LogP contribution in [-0.2, 0) is 11.3 Å². The number of nitrogens with one attached hydrogen (secondary N) is 1. The summed E-state index contributed by atoms with van der Waals surface area (Å²) in [5.74, 6) is 0.931. The number of aliphatic imine (C=N–C) groups is 1. The molecule has 1 unspecified atom stereocenters. The Morgan fingerprint density at radius 1 is 1.36 bits per heavy atom. The fourth-order valence-corrected chi connectivity index (χ4v) is 3.18. The molecule has 144 valence electrons. The van der Waals surface area contributed by atoms with E-state index in [1.165, 1.54) is 12.8 Å². The van der Waals surface area contributed by atoms with Gasteiger partial charge in [0.15, 0.2) is 5.96 Å². The number of thiazole rings is 1. The Hall–Kier alpha value is -1.18. The minimum absolute atomic E-state index is 0.0459. The van der Waals surface area contributed by atoms with Gasteiger partial charge < -0.3 is 19.9 Å². The number of hydrogen-bond donors (Lipinski definition) is 1. The van der Waals surface area contributed by atoms with E-state index in [4.69, 9.17) is 9.73 Å². The van der Waals surface area contributed by atoms with Crippen molar-refractivity contribution in [2.24, 2.45) is 4.99 Å². The molecule has 0 saturated heterocycles. The van der Waals surface area contributed by atoms with E-state index in [0.717, 1.165) is 49.4 Å². The summed E-state index contributed by atoms with van der Waals surface area (Å²) in [6, 6.07) is 0. The number of nitrogens with zero attached hydrogens (tertiary/aromatic N) is 4. The van der Waals surface area contributed by atoms with Gasteiger partial charge in [-0.2, -0.15) is 0 Å². The standard InChI is InChI=1S/C18H35N5OS/c1-7-9-11-22(4)12-10-20-18(19-8-2)23(5)13-16-14-25-17(21-16)15(3)24-6/h14-15H,7-13H2,1-6H3,(H,19,20). The Kier molecular flexibility index (Phi) is 10.7. The van der Waals surface area contributed by atoms with Crippen molar-refractivity contribution in [1.82, 2.24) is 20.1 Å². The molecule has 1 aromatic heterocycles. The Labute approximate surface area is 157 Å². The summed E-state index contributed by atoms with van der Waals surface area (Å²) in [7, 11) is 5.93. The van der Waals surface area contributed by atoms with Crippen molar-refractivity contribution in [1.29, 1.82) is 0 Å². The van der Waals surface area contributed by atoms with Gasteiger partial charge in [0.2, 0.25) is 0 Å². The van der Waals surface area contributed by atoms with Crippen molar-refractivity contribution in [3.8, 4) is 0 Å². The summed E-state index contributed by atoms with van der Waals surface area (Å²) < 4.78 is 5.34. The van der Waals surface area contributed by atoms with E-state index in [0.29, 0.717) is 0 Å². The SMILES string of the molecule is CCCCN(C)CCN=C(NCC)N(C)Cc1csc(C(C)OC)n1. The molecule has 0 aliphatic carbocycles. The molecule has 1 aromatic rings. The maximum atomic E-state index is 5.34. The molecule has 0 amide bonds. The van der Waals surface area contributed by atoms with Crippen LogP contribution in [0.2, 0.25) is 0 Å². The summed E-state index contributed by atoms with van der Waals surface area (Å²) >= 11 is 1.65. The van der Waals surface area contributed by atoms with Gasteiger partial charge in [0.25, 0.3) is 0 Å². The van der Waals surface area contributed by atoms with Gasteiger partial charge in [0, 0.05) is 32.6 Å². The van der Waals surface area contributed by atoms with E-state index in [2.05, 4.69) is 53.4 Å². The first-order chi connectivity index (χ1) is 12.0. The lowest BCUT2D eigenvalue weighted by Crippen LogP contribution is -2.39. The first-order valence-corrected chi connectivity index (χ1v) is 10.0. The first-order valence-electron chi connectivity index (χ1n) is 9.16. The Morgan fingerprint density at radius 2 is 2.12 bits per heavy atom. The van der Waals surface area contributed by atoms with Crippen molar-refractivity contribution in [2.45, 2.75) is 46.3 Å². The highest BCUT2D eigenvalue weighted by atomic mass is 32.1. The molecule has 6 nitrogen and oxygen atoms in total. The van der Waals surface area contributed by atoms with E-state index < -0.39 is 0 Å². The second kappa shape index (κ2) is 12.2. The summed E-state index contributed by atoms with van der Waals surface area (Å²) in [5, 5.41) is 6.49. The van der Waals surface area contributed by atoms with Crippen LogP contribution in [0, 0.1) is 0 Å². The predicted molar refractivity (Wildman–Crippen MR) is 107 cm³/mol. The third kappa shape index (κ3) is 8.16. The Bertz CT molecular complexity index is 505. The number of guanidine groups is 1. The van der Waals surface area contributed by atoms with Crippen LogP contribution in [0.4, 0.5) is 0 Å². The molecule has 0 aromatic carbocycles. The fourth-order valence-electron chi connectivity index (χ4n) is 2.34. The summed E-state index contributed by atoms with van der Waals surface area (Å²) in [6.45, 7) is 10.9. The molecule has 0 aliphatic heterocycles. The highest BCUT2D eigenvalue weighted by Crippen LogP contribution is 2.20. The highest BCUT2D eigenvalue weighted by Gasteiger charge is 2.12. The second-order valence-corrected chi connectivity index (χ2v) is 7.19. The van der Waals surface area contributed by atoms with E-state index in [1.54, 1.807) is 18.4 Å². The normalized spacial score (nSPS) is 13.3. The van der Waals surface area contributed by atoms with Crippen LogP contribution < -0.4 is 5.32 Å². The van der Waals surface area contributed by atoms with Crippen molar-refractivity contribution in [2.75, 3.05) is 47.4 Å². The number of ether oxygens (including phenoxy) is 1. The van der Waals surface area contributed by atoms with Gasteiger partial charge in [-0.15, -0.1) is 11.3 Å². The van der Waals surface area contributed by atoms with Crippen LogP contribution in [0.5, 0.6) is 0 Å². The summed E-state index contributed by atoms with van der Waals surface area (Å²) in [4.78, 5) is 13.9. The number of unbranched alkanes of at least 4 members (excludes halogenated alkanes) is 1. The highest BCUT2D eigenvalue weighted by molar-refractivity contribution is 7.09. The average Bonchev–Trinajstić information content (AvgIpc) is 3.06. The van der Waals surface area contributed by atoms with Gasteiger partial charge in [-0.25, -0.2) is 4.98 Å². The summed E-state index contributed by atoms with van der Waals surface area (Å²) in [5.41, 5.74) is 1.05. The van der Waals surface area contributed by atoms with Gasteiger partial charge >= 0.3 is 0 Å². The van der Waals surface area contributed by atoms with Crippen molar-refractivity contribution >= 4 is 17.3 Å². The topological polar surface area (TPSA) is 53.0 Å². The number of methoxy groups -OCH3 is 1. The van der Waals surface area contributed by atoms with Crippen molar-refractivity contribution in [3.63, 3.8) is 0 Å². The van der Waals surface area contributed by atoms with Crippen LogP contribution in [0.1, 0.15) is 50.4 Å². The van der Waals surface area contributed by atoms with Crippen molar-refractivity contribution in [3.05, 3.63) is 16.1 Å². The minimum Gasteiger partial charge on any atom is -0.375 e. The largest absolute Gasteiger partial charge is 0.375 e. The molecule has 0 saturated carbocycles. The molecule has 7 heteroatoms. The van der Waals surface area contributed by atoms with E-state index >= 15 is 0 Å². The number of rotatable bonds is 11. The van der Waals surface area contributed by atoms with Gasteiger partial charge in [0.1, 0.15) is 11.1 Å². The maximum absolute atomic E-state index is 5.34. The molecule has 1 N–H and O–H groups in total.